The van der Waals surface area contributed by atoms with Gasteiger partial charge in [-0.15, -0.1) is 0 Å². The molecule has 0 atom stereocenters. The fourth-order valence-electron chi connectivity index (χ4n) is 3.51. The number of amides is 3. The Kier molecular flexibility index (Phi) is 8.07. The van der Waals surface area contributed by atoms with Gasteiger partial charge >= 0.3 is 12.0 Å². The molecule has 0 aromatic carbocycles. The Hall–Kier alpha value is -2.55. The number of aromatic nitrogens is 1. The molecule has 162 valence electrons. The molecule has 9 heteroatoms. The molecule has 2 heterocycles. The maximum atomic E-state index is 13.0. The van der Waals surface area contributed by atoms with Crippen LogP contribution in [0.5, 0.6) is 0 Å². The van der Waals surface area contributed by atoms with Gasteiger partial charge in [0.2, 0.25) is 0 Å². The summed E-state index contributed by atoms with van der Waals surface area (Å²) in [7, 11) is 1.53. The Balaban J connectivity index is 2.04. The molecular weight excluding hydrogens is 376 g/mol. The highest BCUT2D eigenvalue weighted by molar-refractivity contribution is 6.00. The molecule has 1 N–H and O–H groups in total. The summed E-state index contributed by atoms with van der Waals surface area (Å²) >= 11 is 0. The first kappa shape index (κ1) is 22.7. The third-order valence-corrected chi connectivity index (χ3v) is 5.25. The molecule has 1 aromatic heterocycles. The van der Waals surface area contributed by atoms with E-state index >= 15 is 0 Å². The zero-order valence-electron chi connectivity index (χ0n) is 18.0. The monoisotopic (exact) mass is 408 g/mol. The van der Waals surface area contributed by atoms with E-state index in [1.807, 2.05) is 13.8 Å². The van der Waals surface area contributed by atoms with E-state index in [1.54, 1.807) is 28.5 Å². The molecule has 0 radical (unpaired) electrons. The zero-order chi connectivity index (χ0) is 21.6. The zero-order valence-corrected chi connectivity index (χ0v) is 18.0. The standard InChI is InChI=1S/C20H32N4O5/c1-6-22(7-2)20(27)24-10-8-23(9-11-24)18(25)17-14(3)16(15(4)21-17)19(26)29-13-12-28-5/h21H,6-13H2,1-5H3. The Bertz CT molecular complexity index is 733. The van der Waals surface area contributed by atoms with Gasteiger partial charge in [0, 0.05) is 52.1 Å². The highest BCUT2D eigenvalue weighted by Gasteiger charge is 2.30. The predicted molar refractivity (Wildman–Crippen MR) is 108 cm³/mol. The molecule has 9 nitrogen and oxygen atoms in total. The minimum atomic E-state index is -0.470. The maximum Gasteiger partial charge on any atom is 0.340 e. The van der Waals surface area contributed by atoms with Crippen molar-refractivity contribution in [2.75, 3.05) is 59.6 Å². The van der Waals surface area contributed by atoms with E-state index in [0.29, 0.717) is 68.4 Å². The Morgan fingerprint density at radius 2 is 1.59 bits per heavy atom. The van der Waals surface area contributed by atoms with Crippen molar-refractivity contribution in [3.05, 3.63) is 22.5 Å². The van der Waals surface area contributed by atoms with Crippen molar-refractivity contribution in [3.8, 4) is 0 Å². The average molecular weight is 408 g/mol. The second-order valence-electron chi connectivity index (χ2n) is 6.99. The van der Waals surface area contributed by atoms with Crippen LogP contribution in [0.25, 0.3) is 0 Å². The maximum absolute atomic E-state index is 13.0. The largest absolute Gasteiger partial charge is 0.460 e. The van der Waals surface area contributed by atoms with Gasteiger partial charge in [0.05, 0.1) is 12.2 Å². The van der Waals surface area contributed by atoms with Crippen LogP contribution in [0.15, 0.2) is 0 Å². The predicted octanol–water partition coefficient (Wildman–Crippen LogP) is 1.65. The van der Waals surface area contributed by atoms with E-state index in [2.05, 4.69) is 4.98 Å². The second kappa shape index (κ2) is 10.3. The third-order valence-electron chi connectivity index (χ3n) is 5.25. The van der Waals surface area contributed by atoms with Crippen molar-refractivity contribution in [1.82, 2.24) is 19.7 Å². The summed E-state index contributed by atoms with van der Waals surface area (Å²) in [6.45, 7) is 11.1. The third kappa shape index (κ3) is 5.09. The first-order chi connectivity index (χ1) is 13.8. The van der Waals surface area contributed by atoms with E-state index in [9.17, 15) is 14.4 Å². The van der Waals surface area contributed by atoms with Gasteiger partial charge in [-0.3, -0.25) is 4.79 Å². The van der Waals surface area contributed by atoms with Crippen LogP contribution in [0.4, 0.5) is 4.79 Å². The summed E-state index contributed by atoms with van der Waals surface area (Å²) in [5.74, 6) is -0.640. The molecule has 29 heavy (non-hydrogen) atoms. The number of nitrogens with zero attached hydrogens (tertiary/aromatic N) is 3. The Labute approximate surface area is 171 Å². The number of hydrogen-bond donors (Lipinski definition) is 1. The molecule has 1 aliphatic rings. The highest BCUT2D eigenvalue weighted by atomic mass is 16.6. The van der Waals surface area contributed by atoms with Crippen LogP contribution in [-0.2, 0) is 9.47 Å². The van der Waals surface area contributed by atoms with Crippen LogP contribution in [0.1, 0.15) is 46.0 Å². The smallest absolute Gasteiger partial charge is 0.340 e. The van der Waals surface area contributed by atoms with Gasteiger partial charge in [-0.2, -0.15) is 0 Å². The van der Waals surface area contributed by atoms with Gasteiger partial charge < -0.3 is 29.2 Å². The highest BCUT2D eigenvalue weighted by Crippen LogP contribution is 2.21. The summed E-state index contributed by atoms with van der Waals surface area (Å²) < 4.78 is 10.1. The van der Waals surface area contributed by atoms with E-state index in [1.165, 1.54) is 7.11 Å². The minimum absolute atomic E-state index is 0.00934. The number of H-pyrrole nitrogens is 1. The number of carbonyl (C=O) groups is 3. The van der Waals surface area contributed by atoms with Crippen LogP contribution in [0.2, 0.25) is 0 Å². The van der Waals surface area contributed by atoms with Gasteiger partial charge in [0.15, 0.2) is 0 Å². The normalized spacial score (nSPS) is 14.1. The molecule has 2 rings (SSSR count). The summed E-state index contributed by atoms with van der Waals surface area (Å²) in [5.41, 5.74) is 1.96. The van der Waals surface area contributed by atoms with Crippen molar-refractivity contribution in [1.29, 1.82) is 0 Å². The van der Waals surface area contributed by atoms with Crippen LogP contribution >= 0.6 is 0 Å². The molecule has 0 unspecified atom stereocenters. The van der Waals surface area contributed by atoms with Crippen LogP contribution in [-0.4, -0.2) is 97.2 Å². The molecule has 1 aliphatic heterocycles. The van der Waals surface area contributed by atoms with E-state index in [0.717, 1.165) is 0 Å². The van der Waals surface area contributed by atoms with Crippen molar-refractivity contribution in [3.63, 3.8) is 0 Å². The number of ether oxygens (including phenoxy) is 2. The summed E-state index contributed by atoms with van der Waals surface area (Å²) in [4.78, 5) is 46.1. The molecule has 0 spiro atoms. The van der Waals surface area contributed by atoms with Gasteiger partial charge in [-0.1, -0.05) is 0 Å². The molecule has 0 aliphatic carbocycles. The Morgan fingerprint density at radius 1 is 1.00 bits per heavy atom. The number of carbonyl (C=O) groups excluding carboxylic acids is 3. The average Bonchev–Trinajstić information content (AvgIpc) is 3.02. The number of methoxy groups -OCH3 is 1. The van der Waals surface area contributed by atoms with Gasteiger partial charge in [0.1, 0.15) is 12.3 Å². The van der Waals surface area contributed by atoms with Crippen molar-refractivity contribution in [2.45, 2.75) is 27.7 Å². The Morgan fingerprint density at radius 3 is 2.14 bits per heavy atom. The molecule has 1 aromatic rings. The molecule has 1 saturated heterocycles. The fraction of sp³-hybridized carbons (Fsp3) is 0.650. The van der Waals surface area contributed by atoms with E-state index in [-0.39, 0.29) is 18.5 Å². The molecule has 1 fully saturated rings. The molecule has 0 bridgehead atoms. The lowest BCUT2D eigenvalue weighted by molar-refractivity contribution is 0.0386. The van der Waals surface area contributed by atoms with Crippen LogP contribution in [0.3, 0.4) is 0 Å². The number of hydrogen-bond acceptors (Lipinski definition) is 5. The number of piperazine rings is 1. The number of aromatic amines is 1. The number of urea groups is 1. The lowest BCUT2D eigenvalue weighted by atomic mass is 10.1. The second-order valence-corrected chi connectivity index (χ2v) is 6.99. The van der Waals surface area contributed by atoms with Crippen molar-refractivity contribution < 1.29 is 23.9 Å². The summed E-state index contributed by atoms with van der Waals surface area (Å²) in [6, 6.07) is 0.00934. The SMILES string of the molecule is CCN(CC)C(=O)N1CCN(C(=O)c2[nH]c(C)c(C(=O)OCCOC)c2C)CC1. The molecule has 0 saturated carbocycles. The number of nitrogens with one attached hydrogen (secondary N) is 1. The van der Waals surface area contributed by atoms with Crippen LogP contribution in [0, 0.1) is 13.8 Å². The number of rotatable bonds is 7. The fourth-order valence-corrected chi connectivity index (χ4v) is 3.51. The molecular formula is C20H32N4O5. The first-order valence-electron chi connectivity index (χ1n) is 10.0. The van der Waals surface area contributed by atoms with Gasteiger partial charge in [-0.05, 0) is 33.3 Å². The quantitative estimate of drug-likeness (QED) is 0.547. The van der Waals surface area contributed by atoms with Crippen LogP contribution < -0.4 is 0 Å². The van der Waals surface area contributed by atoms with Gasteiger partial charge in [0.25, 0.3) is 5.91 Å². The topological polar surface area (TPSA) is 95.2 Å². The number of esters is 1. The molecule has 3 amide bonds. The van der Waals surface area contributed by atoms with Gasteiger partial charge in [-0.25, -0.2) is 9.59 Å². The number of aryl methyl sites for hydroxylation is 1. The minimum Gasteiger partial charge on any atom is -0.460 e. The summed E-state index contributed by atoms with van der Waals surface area (Å²) in [5, 5.41) is 0. The van der Waals surface area contributed by atoms with E-state index < -0.39 is 5.97 Å². The van der Waals surface area contributed by atoms with Crippen molar-refractivity contribution in [2.24, 2.45) is 0 Å². The lowest BCUT2D eigenvalue weighted by Gasteiger charge is -2.37. The first-order valence-corrected chi connectivity index (χ1v) is 10.0. The van der Waals surface area contributed by atoms with Crippen molar-refractivity contribution >= 4 is 17.9 Å². The van der Waals surface area contributed by atoms with E-state index in [4.69, 9.17) is 9.47 Å². The summed E-state index contributed by atoms with van der Waals surface area (Å²) in [6.07, 6.45) is 0. The lowest BCUT2D eigenvalue weighted by Crippen LogP contribution is -2.54.